The lowest BCUT2D eigenvalue weighted by Crippen LogP contribution is -2.23. The highest BCUT2D eigenvalue weighted by Crippen LogP contribution is 2.26. The van der Waals surface area contributed by atoms with Crippen LogP contribution >= 0.6 is 0 Å². The minimum Gasteiger partial charge on any atom is -0.441 e. The monoisotopic (exact) mass is 386 g/mol. The number of aromatic nitrogens is 4. The first-order chi connectivity index (χ1) is 14.1. The summed E-state index contributed by atoms with van der Waals surface area (Å²) in [5.41, 5.74) is 4.34. The zero-order valence-corrected chi connectivity index (χ0v) is 16.6. The van der Waals surface area contributed by atoms with Gasteiger partial charge in [-0.3, -0.25) is 9.36 Å². The molecule has 5 rings (SSSR count). The van der Waals surface area contributed by atoms with Crippen LogP contribution in [-0.4, -0.2) is 19.5 Å². The molecule has 0 amide bonds. The Balaban J connectivity index is 1.52. The third kappa shape index (κ3) is 3.24. The van der Waals surface area contributed by atoms with Gasteiger partial charge in [-0.2, -0.15) is 0 Å². The SMILES string of the molecule is Cc1oc(-c2ccccc2)nc1Cn1cnc2nc3c(cc2c1=O)C[C@@H](C)CC3. The molecule has 3 heterocycles. The molecule has 0 aliphatic heterocycles. The van der Waals surface area contributed by atoms with Crippen LogP contribution in [0, 0.1) is 12.8 Å². The van der Waals surface area contributed by atoms with Crippen LogP contribution < -0.4 is 5.56 Å². The van der Waals surface area contributed by atoms with Gasteiger partial charge in [0.1, 0.15) is 17.8 Å². The zero-order chi connectivity index (χ0) is 20.0. The summed E-state index contributed by atoms with van der Waals surface area (Å²) in [5, 5.41) is 0.574. The van der Waals surface area contributed by atoms with Crippen molar-refractivity contribution in [2.75, 3.05) is 0 Å². The Morgan fingerprint density at radius 1 is 1.21 bits per heavy atom. The number of benzene rings is 1. The molecular weight excluding hydrogens is 364 g/mol. The van der Waals surface area contributed by atoms with E-state index in [1.807, 2.05) is 43.3 Å². The maximum absolute atomic E-state index is 13.1. The number of hydrogen-bond acceptors (Lipinski definition) is 5. The highest BCUT2D eigenvalue weighted by Gasteiger charge is 2.19. The number of hydrogen-bond donors (Lipinski definition) is 0. The average molecular weight is 386 g/mol. The van der Waals surface area contributed by atoms with Gasteiger partial charge in [0.15, 0.2) is 5.65 Å². The molecule has 1 aliphatic rings. The molecule has 29 heavy (non-hydrogen) atoms. The van der Waals surface area contributed by atoms with E-state index < -0.39 is 0 Å². The summed E-state index contributed by atoms with van der Waals surface area (Å²) in [6.07, 6.45) is 4.62. The van der Waals surface area contributed by atoms with Crippen LogP contribution in [0.3, 0.4) is 0 Å². The van der Waals surface area contributed by atoms with Crippen LogP contribution in [0.25, 0.3) is 22.5 Å². The Bertz CT molecular complexity index is 1260. The topological polar surface area (TPSA) is 73.8 Å². The molecule has 1 aromatic carbocycles. The van der Waals surface area contributed by atoms with Crippen molar-refractivity contribution >= 4 is 11.0 Å². The van der Waals surface area contributed by atoms with Crippen LogP contribution in [0.2, 0.25) is 0 Å². The van der Waals surface area contributed by atoms with Crippen LogP contribution in [0.1, 0.15) is 36.1 Å². The number of rotatable bonds is 3. The largest absolute Gasteiger partial charge is 0.441 e. The van der Waals surface area contributed by atoms with Crippen LogP contribution in [0.15, 0.2) is 51.9 Å². The van der Waals surface area contributed by atoms with E-state index in [0.29, 0.717) is 35.1 Å². The number of pyridine rings is 1. The molecule has 3 aromatic heterocycles. The number of oxazole rings is 1. The summed E-state index contributed by atoms with van der Waals surface area (Å²) in [7, 11) is 0. The predicted octanol–water partition coefficient (Wildman–Crippen LogP) is 3.93. The van der Waals surface area contributed by atoms with Crippen molar-refractivity contribution in [2.45, 2.75) is 39.7 Å². The standard InChI is InChI=1S/C23H22N4O2/c1-14-8-9-19-17(10-14)11-18-21(25-19)24-13-27(23(18)28)12-20-15(2)29-22(26-20)16-6-4-3-5-7-16/h3-7,11,13-14H,8-10,12H2,1-2H3/t14-/m0/s1. The quantitative estimate of drug-likeness (QED) is 0.533. The fourth-order valence-electron chi connectivity index (χ4n) is 3.98. The van der Waals surface area contributed by atoms with Crippen molar-refractivity contribution in [1.29, 1.82) is 0 Å². The fraction of sp³-hybridized carbons (Fsp3) is 0.304. The third-order valence-corrected chi connectivity index (χ3v) is 5.66. The van der Waals surface area contributed by atoms with Crippen LogP contribution in [-0.2, 0) is 19.4 Å². The molecule has 4 aromatic rings. The summed E-state index contributed by atoms with van der Waals surface area (Å²) in [5.74, 6) is 1.88. The highest BCUT2D eigenvalue weighted by molar-refractivity contribution is 5.74. The van der Waals surface area contributed by atoms with Gasteiger partial charge in [-0.1, -0.05) is 25.1 Å². The van der Waals surface area contributed by atoms with Gasteiger partial charge in [-0.25, -0.2) is 15.0 Å². The van der Waals surface area contributed by atoms with Crippen molar-refractivity contribution in [3.05, 3.63) is 75.8 Å². The van der Waals surface area contributed by atoms with Gasteiger partial charge in [0.25, 0.3) is 5.56 Å². The van der Waals surface area contributed by atoms with Crippen molar-refractivity contribution in [1.82, 2.24) is 19.5 Å². The normalized spacial score (nSPS) is 16.1. The lowest BCUT2D eigenvalue weighted by atomic mass is 9.87. The van der Waals surface area contributed by atoms with Gasteiger partial charge in [0, 0.05) is 11.3 Å². The van der Waals surface area contributed by atoms with Gasteiger partial charge < -0.3 is 4.42 Å². The Hall–Kier alpha value is -3.28. The van der Waals surface area contributed by atoms with E-state index in [2.05, 4.69) is 21.9 Å². The van der Waals surface area contributed by atoms with E-state index in [-0.39, 0.29) is 5.56 Å². The summed E-state index contributed by atoms with van der Waals surface area (Å²) < 4.78 is 7.41. The Labute approximate surface area is 168 Å². The summed E-state index contributed by atoms with van der Waals surface area (Å²) in [6, 6.07) is 11.7. The number of nitrogens with zero attached hydrogens (tertiary/aromatic N) is 4. The van der Waals surface area contributed by atoms with Gasteiger partial charge in [-0.05, 0) is 55.9 Å². The molecule has 6 nitrogen and oxygen atoms in total. The van der Waals surface area contributed by atoms with Gasteiger partial charge in [0.2, 0.25) is 5.89 Å². The first-order valence-corrected chi connectivity index (χ1v) is 9.98. The molecule has 1 atom stereocenters. The van der Waals surface area contributed by atoms with Gasteiger partial charge >= 0.3 is 0 Å². The average Bonchev–Trinajstić information content (AvgIpc) is 3.10. The molecule has 0 saturated carbocycles. The number of fused-ring (bicyclic) bond motifs is 2. The molecule has 0 fully saturated rings. The van der Waals surface area contributed by atoms with E-state index in [0.717, 1.165) is 36.2 Å². The van der Waals surface area contributed by atoms with Crippen molar-refractivity contribution < 1.29 is 4.42 Å². The molecule has 0 unspecified atom stereocenters. The van der Waals surface area contributed by atoms with E-state index in [9.17, 15) is 4.79 Å². The molecule has 0 saturated heterocycles. The van der Waals surface area contributed by atoms with Crippen molar-refractivity contribution in [3.63, 3.8) is 0 Å². The third-order valence-electron chi connectivity index (χ3n) is 5.66. The lowest BCUT2D eigenvalue weighted by Gasteiger charge is -2.20. The molecule has 1 aliphatic carbocycles. The Morgan fingerprint density at radius 3 is 2.86 bits per heavy atom. The Kier molecular flexibility index (Phi) is 4.27. The summed E-state index contributed by atoms with van der Waals surface area (Å²) >= 11 is 0. The summed E-state index contributed by atoms with van der Waals surface area (Å²) in [6.45, 7) is 4.43. The maximum Gasteiger partial charge on any atom is 0.263 e. The van der Waals surface area contributed by atoms with E-state index >= 15 is 0 Å². The van der Waals surface area contributed by atoms with Gasteiger partial charge in [-0.15, -0.1) is 0 Å². The van der Waals surface area contributed by atoms with Crippen molar-refractivity contribution in [3.8, 4) is 11.5 Å². The van der Waals surface area contributed by atoms with Crippen LogP contribution in [0.5, 0.6) is 0 Å². The molecule has 146 valence electrons. The van der Waals surface area contributed by atoms with Crippen molar-refractivity contribution in [2.24, 2.45) is 5.92 Å². The molecule has 0 bridgehead atoms. The van der Waals surface area contributed by atoms with E-state index in [1.54, 1.807) is 10.9 Å². The molecule has 6 heteroatoms. The second-order valence-electron chi connectivity index (χ2n) is 7.88. The summed E-state index contributed by atoms with van der Waals surface area (Å²) in [4.78, 5) is 26.8. The number of aryl methyl sites for hydroxylation is 2. The Morgan fingerprint density at radius 2 is 2.03 bits per heavy atom. The van der Waals surface area contributed by atoms with E-state index in [1.165, 1.54) is 5.56 Å². The molecule has 0 N–H and O–H groups in total. The van der Waals surface area contributed by atoms with E-state index in [4.69, 9.17) is 4.42 Å². The van der Waals surface area contributed by atoms with Crippen LogP contribution in [0.4, 0.5) is 0 Å². The zero-order valence-electron chi connectivity index (χ0n) is 16.6. The maximum atomic E-state index is 13.1. The minimum absolute atomic E-state index is 0.0906. The first kappa shape index (κ1) is 17.8. The minimum atomic E-state index is -0.0906. The molecular formula is C23H22N4O2. The second kappa shape index (κ2) is 6.95. The predicted molar refractivity (Wildman–Crippen MR) is 111 cm³/mol. The smallest absolute Gasteiger partial charge is 0.263 e. The fourth-order valence-corrected chi connectivity index (χ4v) is 3.98. The molecule has 0 radical (unpaired) electrons. The second-order valence-corrected chi connectivity index (χ2v) is 7.88. The lowest BCUT2D eigenvalue weighted by molar-refractivity contribution is 0.495. The highest BCUT2D eigenvalue weighted by atomic mass is 16.4. The first-order valence-electron chi connectivity index (χ1n) is 9.98. The molecule has 0 spiro atoms. The van der Waals surface area contributed by atoms with Gasteiger partial charge in [0.05, 0.1) is 11.9 Å².